The maximum absolute atomic E-state index is 12.4. The first-order valence-corrected chi connectivity index (χ1v) is 8.66. The van der Waals surface area contributed by atoms with E-state index in [1.807, 2.05) is 13.1 Å². The number of methoxy groups -OCH3 is 2. The fourth-order valence-electron chi connectivity index (χ4n) is 2.52. The number of amides is 2. The normalized spacial score (nSPS) is 9.82. The standard InChI is InChI=1S/C20H25N3O4.ClH/c1-21-11-7-10-19(24)22-15-12-18(27-3)16(13-17(15)26-2)23-20(25)14-8-5-4-6-9-14;/h4-6,8-9,12-13,21H,7,10-11H2,1-3H3,(H,22,24)(H,23,25);1H. The molecular weight excluding hydrogens is 382 g/mol. The molecule has 152 valence electrons. The molecule has 0 saturated heterocycles. The zero-order chi connectivity index (χ0) is 19.6. The van der Waals surface area contributed by atoms with E-state index < -0.39 is 0 Å². The van der Waals surface area contributed by atoms with Crippen molar-refractivity contribution < 1.29 is 19.1 Å². The number of rotatable bonds is 9. The van der Waals surface area contributed by atoms with Gasteiger partial charge in [-0.25, -0.2) is 0 Å². The molecule has 7 nitrogen and oxygen atoms in total. The molecule has 8 heteroatoms. The van der Waals surface area contributed by atoms with Crippen molar-refractivity contribution in [1.82, 2.24) is 5.32 Å². The minimum Gasteiger partial charge on any atom is -0.494 e. The van der Waals surface area contributed by atoms with E-state index in [1.165, 1.54) is 14.2 Å². The summed E-state index contributed by atoms with van der Waals surface area (Å²) in [6.45, 7) is 0.762. The van der Waals surface area contributed by atoms with Gasteiger partial charge in [0.15, 0.2) is 0 Å². The van der Waals surface area contributed by atoms with Gasteiger partial charge in [-0.3, -0.25) is 9.59 Å². The molecule has 0 unspecified atom stereocenters. The number of nitrogens with one attached hydrogen (secondary N) is 3. The summed E-state index contributed by atoms with van der Waals surface area (Å²) in [4.78, 5) is 24.5. The van der Waals surface area contributed by atoms with Crippen molar-refractivity contribution in [3.05, 3.63) is 48.0 Å². The lowest BCUT2D eigenvalue weighted by Crippen LogP contribution is -2.16. The summed E-state index contributed by atoms with van der Waals surface area (Å²) >= 11 is 0. The first kappa shape index (κ1) is 23.3. The third kappa shape index (κ3) is 6.44. The zero-order valence-electron chi connectivity index (χ0n) is 16.2. The van der Waals surface area contributed by atoms with E-state index >= 15 is 0 Å². The SMILES string of the molecule is CNCCCC(=O)Nc1cc(OC)c(NC(=O)c2ccccc2)cc1OC.Cl. The first-order valence-electron chi connectivity index (χ1n) is 8.66. The summed E-state index contributed by atoms with van der Waals surface area (Å²) in [5, 5.41) is 8.63. The van der Waals surface area contributed by atoms with Crippen LogP contribution >= 0.6 is 12.4 Å². The number of benzene rings is 2. The quantitative estimate of drug-likeness (QED) is 0.555. The molecule has 0 aliphatic rings. The number of carbonyl (C=O) groups excluding carboxylic acids is 2. The number of halogens is 1. The van der Waals surface area contributed by atoms with Crippen LogP contribution in [0, 0.1) is 0 Å². The molecule has 0 heterocycles. The Labute approximate surface area is 171 Å². The van der Waals surface area contributed by atoms with Crippen LogP contribution in [0.5, 0.6) is 11.5 Å². The molecule has 3 N–H and O–H groups in total. The van der Waals surface area contributed by atoms with E-state index in [1.54, 1.807) is 36.4 Å². The van der Waals surface area contributed by atoms with E-state index in [0.29, 0.717) is 34.9 Å². The Kier molecular flexibility index (Phi) is 9.84. The van der Waals surface area contributed by atoms with Gasteiger partial charge in [0.25, 0.3) is 5.91 Å². The maximum Gasteiger partial charge on any atom is 0.255 e. The van der Waals surface area contributed by atoms with Crippen molar-refractivity contribution in [3.63, 3.8) is 0 Å². The van der Waals surface area contributed by atoms with Crippen LogP contribution in [0.3, 0.4) is 0 Å². The highest BCUT2D eigenvalue weighted by Gasteiger charge is 2.16. The zero-order valence-corrected chi connectivity index (χ0v) is 17.0. The minimum absolute atomic E-state index is 0. The van der Waals surface area contributed by atoms with Gasteiger partial charge in [0.1, 0.15) is 11.5 Å². The molecule has 0 aliphatic heterocycles. The molecular formula is C20H26ClN3O4. The molecule has 0 aromatic heterocycles. The minimum atomic E-state index is -0.264. The maximum atomic E-state index is 12.4. The number of hydrogen-bond donors (Lipinski definition) is 3. The average molecular weight is 408 g/mol. The van der Waals surface area contributed by atoms with Crippen molar-refractivity contribution in [1.29, 1.82) is 0 Å². The smallest absolute Gasteiger partial charge is 0.255 e. The molecule has 28 heavy (non-hydrogen) atoms. The van der Waals surface area contributed by atoms with Gasteiger partial charge < -0.3 is 25.4 Å². The number of ether oxygens (including phenoxy) is 2. The Morgan fingerprint density at radius 3 is 2.04 bits per heavy atom. The fraction of sp³-hybridized carbons (Fsp3) is 0.300. The van der Waals surface area contributed by atoms with Gasteiger partial charge >= 0.3 is 0 Å². The van der Waals surface area contributed by atoms with Crippen LogP contribution in [0.1, 0.15) is 23.2 Å². The van der Waals surface area contributed by atoms with Crippen LogP contribution in [0.4, 0.5) is 11.4 Å². The second kappa shape index (κ2) is 11.8. The first-order chi connectivity index (χ1) is 13.1. The third-order valence-electron chi connectivity index (χ3n) is 3.91. The molecule has 0 atom stereocenters. The van der Waals surface area contributed by atoms with E-state index in [0.717, 1.165) is 13.0 Å². The van der Waals surface area contributed by atoms with Crippen molar-refractivity contribution >= 4 is 35.6 Å². The summed E-state index contributed by atoms with van der Waals surface area (Å²) in [6.07, 6.45) is 1.12. The molecule has 0 spiro atoms. The molecule has 2 aromatic carbocycles. The Bertz CT molecular complexity index is 785. The topological polar surface area (TPSA) is 88.7 Å². The number of anilines is 2. The molecule has 0 fully saturated rings. The Morgan fingerprint density at radius 1 is 0.929 bits per heavy atom. The summed E-state index contributed by atoms with van der Waals surface area (Å²) in [5.74, 6) is 0.471. The van der Waals surface area contributed by atoms with Gasteiger partial charge in [0.05, 0.1) is 25.6 Å². The van der Waals surface area contributed by atoms with Gasteiger partial charge in [-0.15, -0.1) is 12.4 Å². The highest BCUT2D eigenvalue weighted by atomic mass is 35.5. The predicted molar refractivity (Wildman–Crippen MR) is 113 cm³/mol. The lowest BCUT2D eigenvalue weighted by molar-refractivity contribution is -0.116. The number of carbonyl (C=O) groups is 2. The van der Waals surface area contributed by atoms with Crippen LogP contribution in [0.2, 0.25) is 0 Å². The summed E-state index contributed by atoms with van der Waals surface area (Å²) in [6, 6.07) is 12.1. The van der Waals surface area contributed by atoms with Gasteiger partial charge in [-0.1, -0.05) is 18.2 Å². The largest absolute Gasteiger partial charge is 0.494 e. The molecule has 2 rings (SSSR count). The van der Waals surface area contributed by atoms with E-state index in [9.17, 15) is 9.59 Å². The molecule has 0 saturated carbocycles. The summed E-state index contributed by atoms with van der Waals surface area (Å²) < 4.78 is 10.7. The molecule has 0 bridgehead atoms. The second-order valence-corrected chi connectivity index (χ2v) is 5.83. The van der Waals surface area contributed by atoms with Gasteiger partial charge in [-0.05, 0) is 32.1 Å². The van der Waals surface area contributed by atoms with E-state index in [2.05, 4.69) is 16.0 Å². The Balaban J connectivity index is 0.00000392. The molecule has 0 radical (unpaired) electrons. The third-order valence-corrected chi connectivity index (χ3v) is 3.91. The van der Waals surface area contributed by atoms with Gasteiger partial charge in [-0.2, -0.15) is 0 Å². The molecule has 2 amide bonds. The van der Waals surface area contributed by atoms with Gasteiger partial charge in [0, 0.05) is 24.1 Å². The average Bonchev–Trinajstić information content (AvgIpc) is 2.69. The monoisotopic (exact) mass is 407 g/mol. The highest BCUT2D eigenvalue weighted by Crippen LogP contribution is 2.36. The molecule has 0 aliphatic carbocycles. The van der Waals surface area contributed by atoms with Crippen LogP contribution in [-0.4, -0.2) is 39.6 Å². The van der Waals surface area contributed by atoms with Crippen LogP contribution < -0.4 is 25.4 Å². The van der Waals surface area contributed by atoms with Crippen molar-refractivity contribution in [2.24, 2.45) is 0 Å². The molecule has 2 aromatic rings. The van der Waals surface area contributed by atoms with E-state index in [-0.39, 0.29) is 24.2 Å². The van der Waals surface area contributed by atoms with Crippen molar-refractivity contribution in [2.75, 3.05) is 38.4 Å². The summed E-state index contributed by atoms with van der Waals surface area (Å²) in [7, 11) is 4.84. The summed E-state index contributed by atoms with van der Waals surface area (Å²) in [5.41, 5.74) is 1.47. The van der Waals surface area contributed by atoms with Crippen LogP contribution in [0.25, 0.3) is 0 Å². The van der Waals surface area contributed by atoms with Crippen molar-refractivity contribution in [2.45, 2.75) is 12.8 Å². The number of hydrogen-bond acceptors (Lipinski definition) is 5. The van der Waals surface area contributed by atoms with Crippen molar-refractivity contribution in [3.8, 4) is 11.5 Å². The predicted octanol–water partition coefficient (Wildman–Crippen LogP) is 3.32. The van der Waals surface area contributed by atoms with Gasteiger partial charge in [0.2, 0.25) is 5.91 Å². The fourth-order valence-corrected chi connectivity index (χ4v) is 2.52. The Hall–Kier alpha value is -2.77. The Morgan fingerprint density at radius 2 is 1.50 bits per heavy atom. The lowest BCUT2D eigenvalue weighted by Gasteiger charge is -2.16. The van der Waals surface area contributed by atoms with E-state index in [4.69, 9.17) is 9.47 Å². The lowest BCUT2D eigenvalue weighted by atomic mass is 10.2. The highest BCUT2D eigenvalue weighted by molar-refractivity contribution is 6.05. The second-order valence-electron chi connectivity index (χ2n) is 5.83. The van der Waals surface area contributed by atoms with Crippen LogP contribution in [0.15, 0.2) is 42.5 Å². The van der Waals surface area contributed by atoms with Crippen LogP contribution in [-0.2, 0) is 4.79 Å².